The van der Waals surface area contributed by atoms with Crippen molar-refractivity contribution in [3.63, 3.8) is 0 Å². The minimum atomic E-state index is -5.32. The van der Waals surface area contributed by atoms with E-state index in [9.17, 15) is 44.3 Å². The molecular weight excluding hydrogens is 513 g/mol. The Kier molecular flexibility index (Phi) is 9.02. The van der Waals surface area contributed by atoms with Crippen molar-refractivity contribution in [1.29, 1.82) is 0 Å². The Morgan fingerprint density at radius 2 is 1.61 bits per heavy atom. The Morgan fingerprint density at radius 3 is 2.14 bits per heavy atom. The van der Waals surface area contributed by atoms with Crippen LogP contribution < -0.4 is 10.4 Å². The van der Waals surface area contributed by atoms with Gasteiger partial charge in [0, 0.05) is 19.0 Å². The van der Waals surface area contributed by atoms with Crippen LogP contribution in [-0.4, -0.2) is 22.3 Å². The number of hydrogen-bond acceptors (Lipinski definition) is 5. The average molecular weight is 533 g/mol. The maximum atomic E-state index is 13.5. The molecule has 1 aromatic heterocycles. The maximum Gasteiger partial charge on any atom is 0.433 e. The molecule has 0 aliphatic carbocycles. The molecule has 0 atom stereocenters. The zero-order valence-corrected chi connectivity index (χ0v) is 18.8. The number of carbonyl (C=O) groups is 1. The number of aromatic nitrogens is 2. The fourth-order valence-corrected chi connectivity index (χ4v) is 2.85. The largest absolute Gasteiger partial charge is 0.442 e. The van der Waals surface area contributed by atoms with Gasteiger partial charge in [-0.15, -0.1) is 0 Å². The van der Waals surface area contributed by atoms with Gasteiger partial charge in [0.2, 0.25) is 18.3 Å². The van der Waals surface area contributed by atoms with E-state index in [1.54, 1.807) is 13.8 Å². The second-order valence-corrected chi connectivity index (χ2v) is 7.30. The highest BCUT2D eigenvalue weighted by molar-refractivity contribution is 5.69. The van der Waals surface area contributed by atoms with Gasteiger partial charge in [0.15, 0.2) is 5.69 Å². The van der Waals surface area contributed by atoms with Gasteiger partial charge in [-0.05, 0) is 31.0 Å². The second kappa shape index (κ2) is 11.2. The van der Waals surface area contributed by atoms with Gasteiger partial charge in [-0.2, -0.15) is 39.5 Å². The van der Waals surface area contributed by atoms with Crippen molar-refractivity contribution in [2.24, 2.45) is 4.99 Å². The normalized spacial score (nSPS) is 13.1. The summed E-state index contributed by atoms with van der Waals surface area (Å²) in [6, 6.07) is 0.953. The van der Waals surface area contributed by atoms with E-state index >= 15 is 0 Å². The van der Waals surface area contributed by atoms with Crippen LogP contribution in [-0.2, 0) is 34.6 Å². The summed E-state index contributed by atoms with van der Waals surface area (Å²) in [6.45, 7) is 2.31. The number of nitrogens with zero attached hydrogens (tertiary/aromatic N) is 3. The van der Waals surface area contributed by atoms with Gasteiger partial charge in [0.05, 0.1) is 16.8 Å². The number of halogens is 9. The molecule has 0 amide bonds. The Labute approximate surface area is 198 Å². The molecule has 0 aliphatic heterocycles. The molecule has 6 nitrogen and oxygen atoms in total. The van der Waals surface area contributed by atoms with Gasteiger partial charge in [0.1, 0.15) is 0 Å². The summed E-state index contributed by atoms with van der Waals surface area (Å²) >= 11 is 0. The van der Waals surface area contributed by atoms with Crippen LogP contribution in [0.3, 0.4) is 0 Å². The fraction of sp³-hybridized carbons (Fsp3) is 0.476. The standard InChI is InChI=1S/C21H20F9N3O3/c1-3-5-17(34)36-11-35-16-10-15(21(28,29)30)32-18(33(16)8-4-2)31-14-7-6-12(19(22,23)24)9-13(14)20(25,26)27/h6-7,9-10H,3-5,8,11H2,1-2H3. The van der Waals surface area contributed by atoms with Crippen molar-refractivity contribution in [2.75, 3.05) is 6.79 Å². The molecular formula is C21H20F9N3O3. The molecule has 0 unspecified atom stereocenters. The molecule has 15 heteroatoms. The molecule has 0 saturated carbocycles. The molecule has 0 bridgehead atoms. The van der Waals surface area contributed by atoms with Crippen molar-refractivity contribution in [1.82, 2.24) is 9.55 Å². The van der Waals surface area contributed by atoms with Crippen molar-refractivity contribution in [3.8, 4) is 5.88 Å². The summed E-state index contributed by atoms with van der Waals surface area (Å²) in [7, 11) is 0. The zero-order chi connectivity index (χ0) is 27.3. The van der Waals surface area contributed by atoms with E-state index in [1.807, 2.05) is 0 Å². The zero-order valence-electron chi connectivity index (χ0n) is 18.8. The summed E-state index contributed by atoms with van der Waals surface area (Å²) in [6.07, 6.45) is -14.8. The highest BCUT2D eigenvalue weighted by Crippen LogP contribution is 2.40. The number of carbonyl (C=O) groups excluding carboxylic acids is 1. The molecule has 0 saturated heterocycles. The minimum Gasteiger partial charge on any atom is -0.442 e. The third-order valence-electron chi connectivity index (χ3n) is 4.46. The van der Waals surface area contributed by atoms with Gasteiger partial charge >= 0.3 is 24.5 Å². The molecule has 1 aromatic carbocycles. The molecule has 36 heavy (non-hydrogen) atoms. The van der Waals surface area contributed by atoms with Crippen LogP contribution >= 0.6 is 0 Å². The van der Waals surface area contributed by atoms with Crippen molar-refractivity contribution in [2.45, 2.75) is 58.2 Å². The Hall–Kier alpha value is -3.26. The lowest BCUT2D eigenvalue weighted by Crippen LogP contribution is -2.30. The number of esters is 1. The van der Waals surface area contributed by atoms with E-state index in [1.165, 1.54) is 0 Å². The summed E-state index contributed by atoms with van der Waals surface area (Å²) in [5, 5.41) is 0. The number of alkyl halides is 9. The summed E-state index contributed by atoms with van der Waals surface area (Å²) in [4.78, 5) is 18.3. The van der Waals surface area contributed by atoms with Crippen LogP contribution in [0.1, 0.15) is 49.9 Å². The Bertz CT molecular complexity index is 1140. The smallest absolute Gasteiger partial charge is 0.433 e. The molecule has 0 N–H and O–H groups in total. The lowest BCUT2D eigenvalue weighted by Gasteiger charge is -2.17. The van der Waals surface area contributed by atoms with Crippen LogP contribution in [0.5, 0.6) is 5.88 Å². The lowest BCUT2D eigenvalue weighted by atomic mass is 10.1. The van der Waals surface area contributed by atoms with E-state index in [0.717, 1.165) is 4.57 Å². The molecule has 2 aromatic rings. The highest BCUT2D eigenvalue weighted by atomic mass is 19.4. The number of benzene rings is 1. The van der Waals surface area contributed by atoms with Crippen LogP contribution in [0, 0.1) is 0 Å². The first kappa shape index (κ1) is 29.0. The molecule has 0 aliphatic rings. The molecule has 0 spiro atoms. The van der Waals surface area contributed by atoms with Crippen LogP contribution in [0.25, 0.3) is 0 Å². The number of ether oxygens (including phenoxy) is 2. The monoisotopic (exact) mass is 533 g/mol. The third-order valence-corrected chi connectivity index (χ3v) is 4.46. The molecule has 1 heterocycles. The van der Waals surface area contributed by atoms with E-state index in [0.29, 0.717) is 24.6 Å². The summed E-state index contributed by atoms with van der Waals surface area (Å²) in [5.41, 5.74) is -7.04. The number of rotatable bonds is 8. The van der Waals surface area contributed by atoms with E-state index in [2.05, 4.69) is 9.98 Å². The quantitative estimate of drug-likeness (QED) is 0.228. The molecule has 0 fully saturated rings. The third kappa shape index (κ3) is 7.62. The van der Waals surface area contributed by atoms with Crippen LogP contribution in [0.15, 0.2) is 29.3 Å². The van der Waals surface area contributed by atoms with Crippen LogP contribution in [0.4, 0.5) is 45.2 Å². The minimum absolute atomic E-state index is 0.0111. The number of hydrogen-bond donors (Lipinski definition) is 0. The SMILES string of the molecule is CCCC(=O)OCOc1cc(C(F)(F)F)nc(=Nc2ccc(C(F)(F)F)cc2C(F)(F)F)n1CCC. The van der Waals surface area contributed by atoms with Gasteiger partial charge in [-0.3, -0.25) is 9.36 Å². The highest BCUT2D eigenvalue weighted by Gasteiger charge is 2.39. The average Bonchev–Trinajstić information content (AvgIpc) is 2.73. The van der Waals surface area contributed by atoms with E-state index in [-0.39, 0.29) is 25.5 Å². The lowest BCUT2D eigenvalue weighted by molar-refractivity contribution is -0.151. The van der Waals surface area contributed by atoms with Gasteiger partial charge in [0.25, 0.3) is 0 Å². The first-order chi connectivity index (χ1) is 16.6. The van der Waals surface area contributed by atoms with Crippen molar-refractivity contribution >= 4 is 11.7 Å². The van der Waals surface area contributed by atoms with E-state index < -0.39 is 65.3 Å². The fourth-order valence-electron chi connectivity index (χ4n) is 2.85. The predicted octanol–water partition coefficient (Wildman–Crippen LogP) is 6.26. The molecule has 2 rings (SSSR count). The molecule has 0 radical (unpaired) electrons. The van der Waals surface area contributed by atoms with Crippen molar-refractivity contribution < 1.29 is 53.8 Å². The topological polar surface area (TPSA) is 65.7 Å². The molecule has 200 valence electrons. The second-order valence-electron chi connectivity index (χ2n) is 7.30. The Balaban J connectivity index is 2.74. The Morgan fingerprint density at radius 1 is 0.944 bits per heavy atom. The van der Waals surface area contributed by atoms with Gasteiger partial charge in [-0.1, -0.05) is 13.8 Å². The maximum absolute atomic E-state index is 13.5. The first-order valence-corrected chi connectivity index (χ1v) is 10.4. The summed E-state index contributed by atoms with van der Waals surface area (Å²) < 4.78 is 130. The van der Waals surface area contributed by atoms with Crippen LogP contribution in [0.2, 0.25) is 0 Å². The predicted molar refractivity (Wildman–Crippen MR) is 106 cm³/mol. The van der Waals surface area contributed by atoms with Gasteiger partial charge in [-0.25, -0.2) is 9.98 Å². The summed E-state index contributed by atoms with van der Waals surface area (Å²) in [5.74, 6) is -1.28. The van der Waals surface area contributed by atoms with Gasteiger partial charge < -0.3 is 9.47 Å². The van der Waals surface area contributed by atoms with Crippen molar-refractivity contribution in [3.05, 3.63) is 46.7 Å². The first-order valence-electron chi connectivity index (χ1n) is 10.4. The van der Waals surface area contributed by atoms with E-state index in [4.69, 9.17) is 9.47 Å².